The summed E-state index contributed by atoms with van der Waals surface area (Å²) in [5.41, 5.74) is 1.61. The number of nitrogens with one attached hydrogen (secondary N) is 1. The second kappa shape index (κ2) is 9.75. The van der Waals surface area contributed by atoms with Crippen molar-refractivity contribution in [1.29, 1.82) is 0 Å². The first-order valence-electron chi connectivity index (χ1n) is 10.00. The summed E-state index contributed by atoms with van der Waals surface area (Å²) in [5, 5.41) is 2.23. The lowest BCUT2D eigenvalue weighted by molar-refractivity contribution is -0.122. The van der Waals surface area contributed by atoms with Gasteiger partial charge in [0.2, 0.25) is 0 Å². The van der Waals surface area contributed by atoms with Crippen LogP contribution in [0.5, 0.6) is 11.5 Å². The van der Waals surface area contributed by atoms with Gasteiger partial charge in [0.05, 0.1) is 18.9 Å². The Morgan fingerprint density at radius 3 is 2.39 bits per heavy atom. The Morgan fingerprint density at radius 1 is 1.03 bits per heavy atom. The summed E-state index contributed by atoms with van der Waals surface area (Å²) < 4.78 is 11.5. The molecule has 4 amide bonds. The number of imide groups is 2. The number of ether oxygens (including phenoxy) is 2. The summed E-state index contributed by atoms with van der Waals surface area (Å²) in [4.78, 5) is 38.8. The quantitative estimate of drug-likeness (QED) is 0.398. The number of carbonyl (C=O) groups excluding carboxylic acids is 3. The molecule has 2 aromatic carbocycles. The standard InChI is InChI=1S/C24H24N2O5/c1-4-10-17-13-16(15-20(30-5-2)21(17)31-6-3)14-19-22(27)25-24(29)26(23(19)28)18-11-8-7-9-12-18/h4,7-9,11-15H,1,5-6,10H2,2-3H3,(H,25,27,29)/b19-14+. The van der Waals surface area contributed by atoms with Gasteiger partial charge in [0.1, 0.15) is 5.57 Å². The minimum Gasteiger partial charge on any atom is -0.490 e. The minimum atomic E-state index is -0.785. The van der Waals surface area contributed by atoms with Gasteiger partial charge in [-0.1, -0.05) is 24.3 Å². The predicted molar refractivity (Wildman–Crippen MR) is 118 cm³/mol. The molecule has 1 aliphatic heterocycles. The number of urea groups is 1. The number of rotatable bonds is 8. The van der Waals surface area contributed by atoms with Crippen molar-refractivity contribution in [3.8, 4) is 11.5 Å². The molecule has 1 heterocycles. The first-order chi connectivity index (χ1) is 15.0. The zero-order valence-electron chi connectivity index (χ0n) is 17.5. The Bertz CT molecular complexity index is 1040. The van der Waals surface area contributed by atoms with E-state index in [1.165, 1.54) is 6.08 Å². The highest BCUT2D eigenvalue weighted by Gasteiger charge is 2.36. The number of hydrogen-bond donors (Lipinski definition) is 1. The number of benzene rings is 2. The van der Waals surface area contributed by atoms with Crippen molar-refractivity contribution in [3.63, 3.8) is 0 Å². The van der Waals surface area contributed by atoms with E-state index in [1.807, 2.05) is 19.9 Å². The van der Waals surface area contributed by atoms with Gasteiger partial charge in [0.15, 0.2) is 11.5 Å². The number of para-hydroxylation sites is 1. The summed E-state index contributed by atoms with van der Waals surface area (Å²) in [6, 6.07) is 11.2. The first kappa shape index (κ1) is 21.8. The number of allylic oxidation sites excluding steroid dienone is 1. The Balaban J connectivity index is 2.08. The van der Waals surface area contributed by atoms with Gasteiger partial charge < -0.3 is 9.47 Å². The predicted octanol–water partition coefficient (Wildman–Crippen LogP) is 3.88. The summed E-state index contributed by atoms with van der Waals surface area (Å²) in [7, 11) is 0. The summed E-state index contributed by atoms with van der Waals surface area (Å²) in [5.74, 6) is -0.335. The van der Waals surface area contributed by atoms with Gasteiger partial charge in [-0.2, -0.15) is 0 Å². The lowest BCUT2D eigenvalue weighted by atomic mass is 10.0. The number of carbonyl (C=O) groups is 3. The van der Waals surface area contributed by atoms with Crippen molar-refractivity contribution in [3.05, 3.63) is 71.8 Å². The number of anilines is 1. The molecule has 1 N–H and O–H groups in total. The molecule has 0 aliphatic carbocycles. The third kappa shape index (κ3) is 4.66. The molecule has 0 aromatic heterocycles. The Kier molecular flexibility index (Phi) is 6.87. The molecule has 2 aromatic rings. The van der Waals surface area contributed by atoms with Crippen LogP contribution in [0.15, 0.2) is 60.7 Å². The normalized spacial score (nSPS) is 15.1. The number of hydrogen-bond acceptors (Lipinski definition) is 5. The van der Waals surface area contributed by atoms with E-state index >= 15 is 0 Å². The molecule has 0 radical (unpaired) electrons. The fourth-order valence-corrected chi connectivity index (χ4v) is 3.28. The smallest absolute Gasteiger partial charge is 0.335 e. The Hall–Kier alpha value is -3.87. The van der Waals surface area contributed by atoms with Gasteiger partial charge in [0, 0.05) is 5.56 Å². The van der Waals surface area contributed by atoms with E-state index in [1.54, 1.807) is 42.5 Å². The topological polar surface area (TPSA) is 84.9 Å². The third-order valence-corrected chi connectivity index (χ3v) is 4.53. The van der Waals surface area contributed by atoms with Crippen molar-refractivity contribution in [2.75, 3.05) is 18.1 Å². The van der Waals surface area contributed by atoms with Crippen LogP contribution in [0, 0.1) is 0 Å². The maximum absolute atomic E-state index is 13.0. The van der Waals surface area contributed by atoms with Crippen LogP contribution >= 0.6 is 0 Å². The number of nitrogens with zero attached hydrogens (tertiary/aromatic N) is 1. The van der Waals surface area contributed by atoms with Crippen LogP contribution in [0.1, 0.15) is 25.0 Å². The third-order valence-electron chi connectivity index (χ3n) is 4.53. The van der Waals surface area contributed by atoms with Crippen LogP contribution in [0.3, 0.4) is 0 Å². The molecule has 1 fully saturated rings. The molecule has 7 nitrogen and oxygen atoms in total. The summed E-state index contributed by atoms with van der Waals surface area (Å²) in [6.45, 7) is 8.39. The van der Waals surface area contributed by atoms with Crippen LogP contribution < -0.4 is 19.7 Å². The van der Waals surface area contributed by atoms with Gasteiger partial charge in [-0.15, -0.1) is 6.58 Å². The monoisotopic (exact) mass is 420 g/mol. The molecular formula is C24H24N2O5. The van der Waals surface area contributed by atoms with Gasteiger partial charge in [0.25, 0.3) is 11.8 Å². The highest BCUT2D eigenvalue weighted by Crippen LogP contribution is 2.35. The van der Waals surface area contributed by atoms with Crippen molar-refractivity contribution in [2.45, 2.75) is 20.3 Å². The fraction of sp³-hybridized carbons (Fsp3) is 0.208. The highest BCUT2D eigenvalue weighted by molar-refractivity contribution is 6.39. The van der Waals surface area contributed by atoms with Crippen LogP contribution in [-0.4, -0.2) is 31.1 Å². The molecule has 31 heavy (non-hydrogen) atoms. The average Bonchev–Trinajstić information content (AvgIpc) is 2.74. The molecule has 3 rings (SSSR count). The van der Waals surface area contributed by atoms with E-state index in [-0.39, 0.29) is 5.57 Å². The van der Waals surface area contributed by atoms with Crippen molar-refractivity contribution < 1.29 is 23.9 Å². The second-order valence-corrected chi connectivity index (χ2v) is 6.66. The molecular weight excluding hydrogens is 396 g/mol. The van der Waals surface area contributed by atoms with E-state index in [4.69, 9.17) is 9.47 Å². The summed E-state index contributed by atoms with van der Waals surface area (Å²) in [6.07, 6.45) is 3.70. The second-order valence-electron chi connectivity index (χ2n) is 6.66. The molecule has 1 aliphatic rings. The minimum absolute atomic E-state index is 0.153. The lowest BCUT2D eigenvalue weighted by Gasteiger charge is -2.26. The van der Waals surface area contributed by atoms with E-state index in [2.05, 4.69) is 11.9 Å². The molecule has 0 unspecified atom stereocenters. The molecule has 0 spiro atoms. The molecule has 7 heteroatoms. The van der Waals surface area contributed by atoms with E-state index in [0.29, 0.717) is 42.4 Å². The molecule has 0 atom stereocenters. The average molecular weight is 420 g/mol. The zero-order valence-corrected chi connectivity index (χ0v) is 17.5. The zero-order chi connectivity index (χ0) is 22.4. The van der Waals surface area contributed by atoms with Crippen molar-refractivity contribution in [2.24, 2.45) is 0 Å². The Morgan fingerprint density at radius 2 is 1.74 bits per heavy atom. The van der Waals surface area contributed by atoms with Crippen LogP contribution in [0.25, 0.3) is 6.08 Å². The fourth-order valence-electron chi connectivity index (χ4n) is 3.28. The van der Waals surface area contributed by atoms with Crippen LogP contribution in [0.4, 0.5) is 10.5 Å². The van der Waals surface area contributed by atoms with Crippen molar-refractivity contribution >= 4 is 29.6 Å². The van der Waals surface area contributed by atoms with E-state index in [9.17, 15) is 14.4 Å². The van der Waals surface area contributed by atoms with E-state index < -0.39 is 17.8 Å². The van der Waals surface area contributed by atoms with Crippen LogP contribution in [-0.2, 0) is 16.0 Å². The molecule has 160 valence electrons. The van der Waals surface area contributed by atoms with Gasteiger partial charge in [-0.25, -0.2) is 9.69 Å². The van der Waals surface area contributed by atoms with E-state index in [0.717, 1.165) is 10.5 Å². The number of amides is 4. The van der Waals surface area contributed by atoms with Gasteiger partial charge >= 0.3 is 6.03 Å². The SMILES string of the molecule is C=CCc1cc(/C=C2\C(=O)NC(=O)N(c3ccccc3)C2=O)cc(OCC)c1OCC. The first-order valence-corrected chi connectivity index (χ1v) is 10.00. The van der Waals surface area contributed by atoms with Crippen LogP contribution in [0.2, 0.25) is 0 Å². The Labute approximate surface area is 181 Å². The number of barbiturate groups is 1. The maximum atomic E-state index is 13.0. The highest BCUT2D eigenvalue weighted by atomic mass is 16.5. The summed E-state index contributed by atoms with van der Waals surface area (Å²) >= 11 is 0. The maximum Gasteiger partial charge on any atom is 0.335 e. The molecule has 0 bridgehead atoms. The van der Waals surface area contributed by atoms with Crippen molar-refractivity contribution in [1.82, 2.24) is 5.32 Å². The lowest BCUT2D eigenvalue weighted by Crippen LogP contribution is -2.54. The van der Waals surface area contributed by atoms with Gasteiger partial charge in [-0.05, 0) is 56.2 Å². The molecule has 0 saturated carbocycles. The largest absolute Gasteiger partial charge is 0.490 e. The molecule has 1 saturated heterocycles. The van der Waals surface area contributed by atoms with Gasteiger partial charge in [-0.3, -0.25) is 14.9 Å².